The number of hydrogen-bond donors (Lipinski definition) is 0. The molecule has 0 bridgehead atoms. The third-order valence-corrected chi connectivity index (χ3v) is 3.17. The van der Waals surface area contributed by atoms with Gasteiger partial charge in [0, 0.05) is 16.9 Å². The maximum Gasteiger partial charge on any atom is 0.0301 e. The van der Waals surface area contributed by atoms with Gasteiger partial charge in [-0.2, -0.15) is 0 Å². The molecule has 0 aromatic rings. The van der Waals surface area contributed by atoms with Gasteiger partial charge < -0.3 is 0 Å². The maximum atomic E-state index is 6.37. The Kier molecular flexibility index (Phi) is 9.24. The quantitative estimate of drug-likeness (QED) is 0.353. The van der Waals surface area contributed by atoms with Gasteiger partial charge in [-0.1, -0.05) is 50.3 Å². The maximum absolute atomic E-state index is 6.37. The number of hydrogen-bond acceptors (Lipinski definition) is 1. The zero-order chi connectivity index (χ0) is 14.8. The van der Waals surface area contributed by atoms with Crippen molar-refractivity contribution >= 4 is 17.8 Å². The van der Waals surface area contributed by atoms with E-state index in [0.717, 1.165) is 54.0 Å². The second kappa shape index (κ2) is 9.80. The van der Waals surface area contributed by atoms with Gasteiger partial charge in [-0.15, -0.1) is 0 Å². The second-order valence-electron chi connectivity index (χ2n) is 4.92. The van der Waals surface area contributed by atoms with Crippen molar-refractivity contribution in [2.75, 3.05) is 0 Å². The van der Waals surface area contributed by atoms with E-state index in [1.165, 1.54) is 5.57 Å². The van der Waals surface area contributed by atoms with Gasteiger partial charge in [0.2, 0.25) is 0 Å². The summed E-state index contributed by atoms with van der Waals surface area (Å²) in [6.07, 6.45) is 6.70. The number of allylic oxidation sites excluding steroid dienone is 5. The molecule has 0 aliphatic carbocycles. The lowest BCUT2D eigenvalue weighted by Crippen LogP contribution is -1.93. The van der Waals surface area contributed by atoms with Crippen LogP contribution in [0.5, 0.6) is 0 Å². The predicted octanol–water partition coefficient (Wildman–Crippen LogP) is 6.19. The minimum Gasteiger partial charge on any atom is -0.262 e. The van der Waals surface area contributed by atoms with Gasteiger partial charge in [0.05, 0.1) is 0 Å². The van der Waals surface area contributed by atoms with Gasteiger partial charge in [0.25, 0.3) is 0 Å². The fourth-order valence-corrected chi connectivity index (χ4v) is 2.00. The highest BCUT2D eigenvalue weighted by molar-refractivity contribution is 6.30. The van der Waals surface area contributed by atoms with Gasteiger partial charge in [-0.05, 0) is 50.7 Å². The summed E-state index contributed by atoms with van der Waals surface area (Å²) in [4.78, 5) is 4.15. The summed E-state index contributed by atoms with van der Waals surface area (Å²) in [5.74, 6) is 0. The monoisotopic (exact) mass is 279 g/mol. The molecule has 0 aliphatic rings. The van der Waals surface area contributed by atoms with Crippen LogP contribution in [0.4, 0.5) is 0 Å². The highest BCUT2D eigenvalue weighted by atomic mass is 35.5. The summed E-state index contributed by atoms with van der Waals surface area (Å²) in [6, 6.07) is 0. The molecule has 0 heterocycles. The summed E-state index contributed by atoms with van der Waals surface area (Å²) < 4.78 is 0. The van der Waals surface area contributed by atoms with Gasteiger partial charge in [0.15, 0.2) is 0 Å². The van der Waals surface area contributed by atoms with Crippen LogP contribution >= 0.6 is 11.6 Å². The lowest BCUT2D eigenvalue weighted by Gasteiger charge is -2.11. The van der Waals surface area contributed by atoms with E-state index in [2.05, 4.69) is 31.7 Å². The van der Waals surface area contributed by atoms with E-state index in [9.17, 15) is 0 Å². The number of nitrogens with zero attached hydrogens (tertiary/aromatic N) is 1. The smallest absolute Gasteiger partial charge is 0.0301 e. The molecule has 1 nitrogen and oxygen atoms in total. The Balaban J connectivity index is 4.57. The highest BCUT2D eigenvalue weighted by Crippen LogP contribution is 2.26. The van der Waals surface area contributed by atoms with Crippen molar-refractivity contribution in [1.82, 2.24) is 0 Å². The zero-order valence-corrected chi connectivity index (χ0v) is 13.3. The molecule has 0 unspecified atom stereocenters. The molecule has 106 valence electrons. The Morgan fingerprint density at radius 1 is 1.11 bits per heavy atom. The number of unbranched alkanes of at least 4 members (excludes halogenated alkanes) is 1. The molecule has 2 heteroatoms. The van der Waals surface area contributed by atoms with E-state index in [1.807, 2.05) is 13.8 Å². The average Bonchev–Trinajstić information content (AvgIpc) is 2.33. The van der Waals surface area contributed by atoms with Crippen LogP contribution in [-0.2, 0) is 0 Å². The third kappa shape index (κ3) is 8.61. The first-order chi connectivity index (χ1) is 8.88. The van der Waals surface area contributed by atoms with E-state index in [0.29, 0.717) is 0 Å². The first kappa shape index (κ1) is 17.9. The largest absolute Gasteiger partial charge is 0.262 e. The summed E-state index contributed by atoms with van der Waals surface area (Å²) in [6.45, 7) is 17.8. The van der Waals surface area contributed by atoms with Gasteiger partial charge >= 0.3 is 0 Å². The van der Waals surface area contributed by atoms with Crippen molar-refractivity contribution < 1.29 is 0 Å². The Morgan fingerprint density at radius 3 is 2.21 bits per heavy atom. The summed E-state index contributed by atoms with van der Waals surface area (Å²) in [7, 11) is 0. The molecule has 0 rings (SSSR count). The molecule has 19 heavy (non-hydrogen) atoms. The van der Waals surface area contributed by atoms with Crippen LogP contribution in [0.15, 0.2) is 52.2 Å². The molecule has 0 spiro atoms. The summed E-state index contributed by atoms with van der Waals surface area (Å²) in [5, 5.41) is 0.944. The Labute approximate surface area is 123 Å². The molecule has 0 atom stereocenters. The molecule has 0 N–H and O–H groups in total. The number of aliphatic imine (C=N–C) groups is 1. The molecule has 0 fully saturated rings. The zero-order valence-electron chi connectivity index (χ0n) is 12.6. The molecule has 0 saturated heterocycles. The van der Waals surface area contributed by atoms with E-state index in [1.54, 1.807) is 6.21 Å². The lowest BCUT2D eigenvalue weighted by atomic mass is 9.99. The van der Waals surface area contributed by atoms with Crippen molar-refractivity contribution in [3.63, 3.8) is 0 Å². The van der Waals surface area contributed by atoms with Crippen LogP contribution in [0.25, 0.3) is 0 Å². The molecule has 0 aromatic carbocycles. The van der Waals surface area contributed by atoms with E-state index in [-0.39, 0.29) is 0 Å². The molecule has 0 amide bonds. The van der Waals surface area contributed by atoms with Gasteiger partial charge in [-0.25, -0.2) is 0 Å². The third-order valence-electron chi connectivity index (χ3n) is 2.76. The second-order valence-corrected chi connectivity index (χ2v) is 5.38. The fraction of sp³-hybridized carbons (Fsp3) is 0.471. The van der Waals surface area contributed by atoms with E-state index >= 15 is 0 Å². The number of rotatable bonds is 9. The average molecular weight is 280 g/mol. The van der Waals surface area contributed by atoms with E-state index < -0.39 is 0 Å². The van der Waals surface area contributed by atoms with Gasteiger partial charge in [0.1, 0.15) is 0 Å². The fourth-order valence-electron chi connectivity index (χ4n) is 1.62. The minimum absolute atomic E-state index is 0.790. The Bertz CT molecular complexity index is 399. The van der Waals surface area contributed by atoms with Crippen LogP contribution in [-0.4, -0.2) is 6.21 Å². The molecule has 0 radical (unpaired) electrons. The lowest BCUT2D eigenvalue weighted by molar-refractivity contribution is 0.796. The van der Waals surface area contributed by atoms with Crippen LogP contribution in [0.3, 0.4) is 0 Å². The predicted molar refractivity (Wildman–Crippen MR) is 88.9 cm³/mol. The SMILES string of the molecule is C=C(C=NC(=C)C)CC/C(C(=C)C)=C(\Cl)CCCC. The van der Waals surface area contributed by atoms with Crippen LogP contribution < -0.4 is 0 Å². The van der Waals surface area contributed by atoms with Crippen LogP contribution in [0.2, 0.25) is 0 Å². The Morgan fingerprint density at radius 2 is 1.74 bits per heavy atom. The molecular weight excluding hydrogens is 254 g/mol. The summed E-state index contributed by atoms with van der Waals surface area (Å²) >= 11 is 6.37. The standard InChI is InChI=1S/C17H26ClN/c1-7-8-9-17(18)16(13(2)3)11-10-15(6)12-19-14(4)5/h12H,2,4,6-11H2,1,3,5H3/b17-16+,19-12?. The van der Waals surface area contributed by atoms with E-state index in [4.69, 9.17) is 11.6 Å². The van der Waals surface area contributed by atoms with Crippen molar-refractivity contribution in [2.45, 2.75) is 52.9 Å². The van der Waals surface area contributed by atoms with Crippen LogP contribution in [0.1, 0.15) is 52.9 Å². The first-order valence-electron chi connectivity index (χ1n) is 6.79. The van der Waals surface area contributed by atoms with Crippen molar-refractivity contribution in [1.29, 1.82) is 0 Å². The van der Waals surface area contributed by atoms with Crippen molar-refractivity contribution in [3.05, 3.63) is 47.2 Å². The van der Waals surface area contributed by atoms with Crippen molar-refractivity contribution in [3.8, 4) is 0 Å². The molecule has 0 aliphatic heterocycles. The Hall–Kier alpha value is -1.08. The normalized spacial score (nSPS) is 12.4. The topological polar surface area (TPSA) is 12.4 Å². The minimum atomic E-state index is 0.790. The van der Waals surface area contributed by atoms with Crippen molar-refractivity contribution in [2.24, 2.45) is 4.99 Å². The number of halogens is 1. The highest BCUT2D eigenvalue weighted by Gasteiger charge is 2.06. The molecule has 0 saturated carbocycles. The van der Waals surface area contributed by atoms with Crippen LogP contribution in [0, 0.1) is 0 Å². The van der Waals surface area contributed by atoms with Gasteiger partial charge in [-0.3, -0.25) is 4.99 Å². The molecular formula is C17H26ClN. The summed E-state index contributed by atoms with van der Waals surface area (Å²) in [5.41, 5.74) is 3.99. The first-order valence-corrected chi connectivity index (χ1v) is 7.17. The molecule has 0 aromatic heterocycles.